The number of hydrogen-bond donors (Lipinski definition) is 1. The monoisotopic (exact) mass is 617 g/mol. The van der Waals surface area contributed by atoms with Gasteiger partial charge in [-0.05, 0) is 34.6 Å². The molecule has 30 heavy (non-hydrogen) atoms. The third-order valence-electron chi connectivity index (χ3n) is 3.87. The van der Waals surface area contributed by atoms with Gasteiger partial charge in [0, 0.05) is 6.07 Å². The van der Waals surface area contributed by atoms with Gasteiger partial charge in [0.15, 0.2) is 5.02 Å². The smallest absolute Gasteiger partial charge is 0.348 e. The number of hydrogen-bond acceptors (Lipinski definition) is 5. The van der Waals surface area contributed by atoms with E-state index in [0.717, 1.165) is 0 Å². The molecule has 0 aromatic heterocycles. The Balaban J connectivity index is 2.98. The van der Waals surface area contributed by atoms with Crippen molar-refractivity contribution >= 4 is 91.7 Å². The normalized spacial score (nSPS) is 11.5. The van der Waals surface area contributed by atoms with Gasteiger partial charge >= 0.3 is 11.9 Å². The van der Waals surface area contributed by atoms with E-state index in [9.17, 15) is 33.4 Å². The standard InChI is InChI=1S/C15H7Cl4F3IN3O4/c1-2-4-7(16)11(23)9(18)10(19)12(4)24-13-5(15(20,21)22)3-6(25(27)28)8(17)14(13)26(29)30/h3,24H,2H2,1H3. The number of rotatable bonds is 5. The SMILES string of the molecule is CCc1c(Cl)c(I)c(Cl)c(Cl)c1Nc1c(C(F)(F)F)cc([N+](=O)[O-])c(Cl)c1[N+](=O)[O-]. The third-order valence-corrected chi connectivity index (χ3v) is 7.23. The van der Waals surface area contributed by atoms with Crippen LogP contribution >= 0.6 is 69.0 Å². The van der Waals surface area contributed by atoms with E-state index >= 15 is 0 Å². The lowest BCUT2D eigenvalue weighted by atomic mass is 10.1. The highest BCUT2D eigenvalue weighted by Gasteiger charge is 2.42. The van der Waals surface area contributed by atoms with Gasteiger partial charge in [-0.25, -0.2) is 0 Å². The highest BCUT2D eigenvalue weighted by atomic mass is 127. The predicted molar refractivity (Wildman–Crippen MR) is 117 cm³/mol. The zero-order valence-corrected chi connectivity index (χ0v) is 19.5. The molecule has 0 aliphatic rings. The van der Waals surface area contributed by atoms with Crippen LogP contribution in [0, 0.1) is 23.8 Å². The molecular weight excluding hydrogens is 612 g/mol. The first-order valence-corrected chi connectivity index (χ1v) is 10.2. The molecule has 0 saturated carbocycles. The molecule has 0 atom stereocenters. The van der Waals surface area contributed by atoms with Crippen LogP contribution in [-0.4, -0.2) is 9.85 Å². The molecule has 0 bridgehead atoms. The van der Waals surface area contributed by atoms with Crippen LogP contribution in [0.4, 0.5) is 35.9 Å². The average Bonchev–Trinajstić information content (AvgIpc) is 2.63. The summed E-state index contributed by atoms with van der Waals surface area (Å²) in [5, 5.41) is 23.5. The van der Waals surface area contributed by atoms with Gasteiger partial charge in [0.2, 0.25) is 0 Å². The topological polar surface area (TPSA) is 98.3 Å². The van der Waals surface area contributed by atoms with Gasteiger partial charge in [0.25, 0.3) is 5.69 Å². The summed E-state index contributed by atoms with van der Waals surface area (Å²) in [5.41, 5.74) is -5.42. The maximum Gasteiger partial charge on any atom is 0.418 e. The largest absolute Gasteiger partial charge is 0.418 e. The lowest BCUT2D eigenvalue weighted by molar-refractivity contribution is -0.393. The van der Waals surface area contributed by atoms with Crippen molar-refractivity contribution in [3.05, 3.63) is 61.1 Å². The van der Waals surface area contributed by atoms with E-state index < -0.39 is 43.7 Å². The highest BCUT2D eigenvalue weighted by Crippen LogP contribution is 2.51. The van der Waals surface area contributed by atoms with Crippen LogP contribution in [0.5, 0.6) is 0 Å². The molecule has 0 unspecified atom stereocenters. The molecule has 1 N–H and O–H groups in total. The minimum atomic E-state index is -5.21. The fourth-order valence-corrected chi connectivity index (χ4v) is 4.41. The van der Waals surface area contributed by atoms with E-state index in [-0.39, 0.29) is 38.8 Å². The highest BCUT2D eigenvalue weighted by molar-refractivity contribution is 14.1. The van der Waals surface area contributed by atoms with Crippen molar-refractivity contribution in [2.24, 2.45) is 0 Å². The maximum atomic E-state index is 13.7. The van der Waals surface area contributed by atoms with Crippen molar-refractivity contribution in [2.45, 2.75) is 19.5 Å². The Morgan fingerprint density at radius 3 is 2.00 bits per heavy atom. The van der Waals surface area contributed by atoms with E-state index in [0.29, 0.717) is 3.57 Å². The van der Waals surface area contributed by atoms with Gasteiger partial charge in [-0.1, -0.05) is 53.3 Å². The summed E-state index contributed by atoms with van der Waals surface area (Å²) in [7, 11) is 0. The number of nitrogens with zero attached hydrogens (tertiary/aromatic N) is 2. The van der Waals surface area contributed by atoms with Crippen LogP contribution in [0.25, 0.3) is 0 Å². The number of halogens is 8. The van der Waals surface area contributed by atoms with E-state index in [2.05, 4.69) is 5.32 Å². The van der Waals surface area contributed by atoms with E-state index in [1.807, 2.05) is 0 Å². The molecule has 0 aliphatic carbocycles. The zero-order chi connectivity index (χ0) is 23.1. The molecule has 0 amide bonds. The Labute approximate surface area is 199 Å². The number of nitro groups is 2. The van der Waals surface area contributed by atoms with E-state index in [1.165, 1.54) is 0 Å². The lowest BCUT2D eigenvalue weighted by Crippen LogP contribution is -2.13. The summed E-state index contributed by atoms with van der Waals surface area (Å²) >= 11 is 26.0. The Hall–Kier alpha value is -1.28. The Bertz CT molecular complexity index is 1080. The second-order valence-corrected chi connectivity index (χ2v) is 8.17. The number of nitro benzene ring substituents is 2. The number of alkyl halides is 3. The molecule has 0 radical (unpaired) electrons. The van der Waals surface area contributed by atoms with Crippen molar-refractivity contribution in [1.29, 1.82) is 0 Å². The van der Waals surface area contributed by atoms with E-state index in [1.54, 1.807) is 29.5 Å². The molecular formula is C15H7Cl4F3IN3O4. The molecule has 7 nitrogen and oxygen atoms in total. The maximum absolute atomic E-state index is 13.7. The fraction of sp³-hybridized carbons (Fsp3) is 0.200. The van der Waals surface area contributed by atoms with Gasteiger partial charge < -0.3 is 5.32 Å². The molecule has 0 aliphatic heterocycles. The van der Waals surface area contributed by atoms with Crippen LogP contribution in [0.15, 0.2) is 6.07 Å². The Kier molecular flexibility index (Phi) is 7.55. The van der Waals surface area contributed by atoms with Crippen molar-refractivity contribution in [3.63, 3.8) is 0 Å². The van der Waals surface area contributed by atoms with E-state index in [4.69, 9.17) is 46.4 Å². The number of anilines is 2. The molecule has 0 spiro atoms. The molecule has 0 heterocycles. The van der Waals surface area contributed by atoms with Gasteiger partial charge in [-0.15, -0.1) is 0 Å². The Morgan fingerprint density at radius 1 is 1.00 bits per heavy atom. The molecule has 162 valence electrons. The second-order valence-electron chi connectivity index (χ2n) is 5.58. The van der Waals surface area contributed by atoms with Crippen LogP contribution < -0.4 is 5.32 Å². The molecule has 0 fully saturated rings. The summed E-state index contributed by atoms with van der Waals surface area (Å²) in [4.78, 5) is 20.1. The minimum Gasteiger partial charge on any atom is -0.348 e. The zero-order valence-electron chi connectivity index (χ0n) is 14.3. The fourth-order valence-electron chi connectivity index (χ4n) is 2.55. The second kappa shape index (κ2) is 9.07. The summed E-state index contributed by atoms with van der Waals surface area (Å²) in [5.74, 6) is 0. The number of nitrogens with one attached hydrogen (secondary N) is 1. The van der Waals surface area contributed by atoms with Crippen LogP contribution in [0.2, 0.25) is 20.1 Å². The quantitative estimate of drug-likeness (QED) is 0.120. The lowest BCUT2D eigenvalue weighted by Gasteiger charge is -2.20. The number of benzene rings is 2. The van der Waals surface area contributed by atoms with Crippen molar-refractivity contribution in [1.82, 2.24) is 0 Å². The Morgan fingerprint density at radius 2 is 1.57 bits per heavy atom. The summed E-state index contributed by atoms with van der Waals surface area (Å²) in [6, 6.07) is 0.104. The molecule has 2 rings (SSSR count). The average molecular weight is 619 g/mol. The van der Waals surface area contributed by atoms with Crippen LogP contribution in [0.1, 0.15) is 18.1 Å². The third kappa shape index (κ3) is 4.49. The summed E-state index contributed by atoms with van der Waals surface area (Å²) in [6.07, 6.45) is -5.04. The van der Waals surface area contributed by atoms with Gasteiger partial charge in [0.05, 0.1) is 39.7 Å². The summed E-state index contributed by atoms with van der Waals surface area (Å²) in [6.45, 7) is 1.62. The van der Waals surface area contributed by atoms with Crippen LogP contribution in [-0.2, 0) is 12.6 Å². The van der Waals surface area contributed by atoms with Gasteiger partial charge in [0.1, 0.15) is 5.69 Å². The van der Waals surface area contributed by atoms with Gasteiger partial charge in [-0.3, -0.25) is 20.2 Å². The first kappa shape index (κ1) is 25.0. The van der Waals surface area contributed by atoms with Crippen molar-refractivity contribution in [3.8, 4) is 0 Å². The molecule has 2 aromatic rings. The minimum absolute atomic E-state index is 0.0826. The van der Waals surface area contributed by atoms with Crippen LogP contribution in [0.3, 0.4) is 0 Å². The molecule has 2 aromatic carbocycles. The summed E-state index contributed by atoms with van der Waals surface area (Å²) < 4.78 is 41.3. The molecule has 0 saturated heterocycles. The van der Waals surface area contributed by atoms with Crippen molar-refractivity contribution in [2.75, 3.05) is 5.32 Å². The first-order chi connectivity index (χ1) is 13.7. The molecule has 15 heteroatoms. The van der Waals surface area contributed by atoms with Crippen molar-refractivity contribution < 1.29 is 23.0 Å². The first-order valence-electron chi connectivity index (χ1n) is 7.58. The van der Waals surface area contributed by atoms with Gasteiger partial charge in [-0.2, -0.15) is 13.2 Å². The predicted octanol–water partition coefficient (Wildman–Crippen LogP) is 8.05.